The molecule has 1 rings (SSSR count). The van der Waals surface area contributed by atoms with Crippen molar-refractivity contribution in [3.63, 3.8) is 0 Å². The number of carbonyl (C=O) groups excluding carboxylic acids is 1. The van der Waals surface area contributed by atoms with Gasteiger partial charge in [-0.2, -0.15) is 0 Å². The number of methoxy groups -OCH3 is 1. The van der Waals surface area contributed by atoms with E-state index in [2.05, 4.69) is 24.9 Å². The summed E-state index contributed by atoms with van der Waals surface area (Å²) < 4.78 is 4.63. The summed E-state index contributed by atoms with van der Waals surface area (Å²) in [6.07, 6.45) is 1.58. The van der Waals surface area contributed by atoms with Gasteiger partial charge in [-0.3, -0.25) is 9.79 Å². The van der Waals surface area contributed by atoms with Crippen LogP contribution >= 0.6 is 0 Å². The molecule has 0 spiro atoms. The molecule has 0 aromatic heterocycles. The van der Waals surface area contributed by atoms with Crippen LogP contribution in [0.1, 0.15) is 6.92 Å². The van der Waals surface area contributed by atoms with Crippen molar-refractivity contribution in [3.8, 4) is 0 Å². The van der Waals surface area contributed by atoms with E-state index in [-0.39, 0.29) is 11.9 Å². The topological polar surface area (TPSA) is 66.3 Å². The van der Waals surface area contributed by atoms with Crippen molar-refractivity contribution in [2.75, 3.05) is 40.3 Å². The molecular weight excluding hydrogens is 220 g/mol. The molecule has 0 saturated carbocycles. The van der Waals surface area contributed by atoms with Crippen LogP contribution in [0.15, 0.2) is 9.98 Å². The highest BCUT2D eigenvalue weighted by atomic mass is 16.5. The number of carbonyl (C=O) groups is 1. The smallest absolute Gasteiger partial charge is 0.313 e. The molecular formula is C11H20N4O2. The van der Waals surface area contributed by atoms with E-state index >= 15 is 0 Å². The largest absolute Gasteiger partial charge is 0.469 e. The minimum absolute atomic E-state index is 0.287. The number of ether oxygens (including phenoxy) is 1. The van der Waals surface area contributed by atoms with Crippen LogP contribution in [0.2, 0.25) is 0 Å². The van der Waals surface area contributed by atoms with Crippen molar-refractivity contribution in [2.45, 2.75) is 6.92 Å². The minimum Gasteiger partial charge on any atom is -0.469 e. The van der Waals surface area contributed by atoms with Crippen LogP contribution in [0, 0.1) is 5.92 Å². The van der Waals surface area contributed by atoms with Gasteiger partial charge in [-0.25, -0.2) is 4.99 Å². The Hall–Kier alpha value is -1.43. The molecule has 1 N–H and O–H groups in total. The van der Waals surface area contributed by atoms with E-state index in [1.807, 2.05) is 0 Å². The molecule has 96 valence electrons. The number of aliphatic imine (C=N–C) groups is 2. The summed E-state index contributed by atoms with van der Waals surface area (Å²) in [6, 6.07) is 0. The highest BCUT2D eigenvalue weighted by Crippen LogP contribution is 1.99. The second-order valence-electron chi connectivity index (χ2n) is 3.85. The zero-order valence-corrected chi connectivity index (χ0v) is 10.6. The SMILES string of the molecule is CN=C(N=CC(C)C(=O)OC)N1CCNCC1. The van der Waals surface area contributed by atoms with E-state index < -0.39 is 0 Å². The molecule has 6 nitrogen and oxygen atoms in total. The molecule has 0 radical (unpaired) electrons. The van der Waals surface area contributed by atoms with Crippen molar-refractivity contribution < 1.29 is 9.53 Å². The predicted octanol–water partition coefficient (Wildman–Crippen LogP) is -0.243. The lowest BCUT2D eigenvalue weighted by Gasteiger charge is -2.28. The van der Waals surface area contributed by atoms with Gasteiger partial charge in [0.1, 0.15) is 0 Å². The quantitative estimate of drug-likeness (QED) is 0.411. The first-order valence-corrected chi connectivity index (χ1v) is 5.73. The first-order chi connectivity index (χ1) is 8.19. The van der Waals surface area contributed by atoms with Gasteiger partial charge >= 0.3 is 5.97 Å². The molecule has 1 aliphatic heterocycles. The minimum atomic E-state index is -0.348. The first kappa shape index (κ1) is 13.6. The number of nitrogens with zero attached hydrogens (tertiary/aromatic N) is 3. The number of esters is 1. The number of hydrogen-bond donors (Lipinski definition) is 1. The van der Waals surface area contributed by atoms with Gasteiger partial charge in [-0.05, 0) is 6.92 Å². The number of guanidine groups is 1. The van der Waals surface area contributed by atoms with Gasteiger partial charge in [0, 0.05) is 39.4 Å². The summed E-state index contributed by atoms with van der Waals surface area (Å²) in [6.45, 7) is 5.38. The van der Waals surface area contributed by atoms with Crippen LogP contribution in [0.5, 0.6) is 0 Å². The van der Waals surface area contributed by atoms with Crippen molar-refractivity contribution in [3.05, 3.63) is 0 Å². The molecule has 1 fully saturated rings. The standard InChI is InChI=1S/C11H20N4O2/c1-9(10(16)17-3)8-14-11(12-2)15-6-4-13-5-7-15/h8-9,13H,4-7H2,1-3H3. The lowest BCUT2D eigenvalue weighted by Crippen LogP contribution is -2.46. The second-order valence-corrected chi connectivity index (χ2v) is 3.85. The van der Waals surface area contributed by atoms with Crippen molar-refractivity contribution in [2.24, 2.45) is 15.9 Å². The third-order valence-corrected chi connectivity index (χ3v) is 2.59. The maximum Gasteiger partial charge on any atom is 0.313 e. The summed E-state index contributed by atoms with van der Waals surface area (Å²) in [5, 5.41) is 3.26. The van der Waals surface area contributed by atoms with Gasteiger partial charge in [0.15, 0.2) is 0 Å². The summed E-state index contributed by atoms with van der Waals surface area (Å²) in [7, 11) is 3.08. The summed E-state index contributed by atoms with van der Waals surface area (Å²) in [4.78, 5) is 21.7. The third-order valence-electron chi connectivity index (χ3n) is 2.59. The Morgan fingerprint density at radius 2 is 2.12 bits per heavy atom. The molecule has 17 heavy (non-hydrogen) atoms. The maximum absolute atomic E-state index is 11.2. The van der Waals surface area contributed by atoms with Crippen molar-refractivity contribution >= 4 is 18.1 Å². The average molecular weight is 240 g/mol. The van der Waals surface area contributed by atoms with E-state index in [0.29, 0.717) is 5.96 Å². The van der Waals surface area contributed by atoms with Crippen molar-refractivity contribution in [1.82, 2.24) is 10.2 Å². The van der Waals surface area contributed by atoms with Gasteiger partial charge in [-0.1, -0.05) is 0 Å². The molecule has 6 heteroatoms. The first-order valence-electron chi connectivity index (χ1n) is 5.73. The molecule has 0 amide bonds. The second kappa shape index (κ2) is 7.01. The highest BCUT2D eigenvalue weighted by molar-refractivity contribution is 5.95. The fourth-order valence-corrected chi connectivity index (χ4v) is 1.57. The Morgan fingerprint density at radius 1 is 1.47 bits per heavy atom. The van der Waals surface area contributed by atoms with Crippen LogP contribution in [-0.2, 0) is 9.53 Å². The van der Waals surface area contributed by atoms with Gasteiger partial charge in [0.05, 0.1) is 13.0 Å². The van der Waals surface area contributed by atoms with Gasteiger partial charge in [0.2, 0.25) is 5.96 Å². The monoisotopic (exact) mass is 240 g/mol. The summed E-state index contributed by atoms with van der Waals surface area (Å²) in [5.41, 5.74) is 0. The van der Waals surface area contributed by atoms with Crippen LogP contribution in [0.3, 0.4) is 0 Å². The Kier molecular flexibility index (Phi) is 5.62. The van der Waals surface area contributed by atoms with E-state index in [4.69, 9.17) is 0 Å². The summed E-state index contributed by atoms with van der Waals surface area (Å²) >= 11 is 0. The molecule has 0 aliphatic carbocycles. The number of piperazine rings is 1. The Morgan fingerprint density at radius 3 is 2.65 bits per heavy atom. The Balaban J connectivity index is 2.57. The Labute approximate surface area is 102 Å². The van der Waals surface area contributed by atoms with E-state index in [1.165, 1.54) is 7.11 Å². The van der Waals surface area contributed by atoms with E-state index in [9.17, 15) is 4.79 Å². The normalized spacial score (nSPS) is 19.5. The van der Waals surface area contributed by atoms with Crippen molar-refractivity contribution in [1.29, 1.82) is 0 Å². The van der Waals surface area contributed by atoms with Crippen LogP contribution in [0.25, 0.3) is 0 Å². The third kappa shape index (κ3) is 4.14. The lowest BCUT2D eigenvalue weighted by molar-refractivity contribution is -0.142. The lowest BCUT2D eigenvalue weighted by atomic mass is 10.2. The molecule has 1 unspecified atom stereocenters. The Bertz CT molecular complexity index is 309. The van der Waals surface area contributed by atoms with E-state index in [1.54, 1.807) is 20.2 Å². The molecule has 1 heterocycles. The molecule has 0 aromatic rings. The fourth-order valence-electron chi connectivity index (χ4n) is 1.57. The molecule has 0 aromatic carbocycles. The van der Waals surface area contributed by atoms with E-state index in [0.717, 1.165) is 26.2 Å². The highest BCUT2D eigenvalue weighted by Gasteiger charge is 2.14. The average Bonchev–Trinajstić information content (AvgIpc) is 2.39. The zero-order valence-electron chi connectivity index (χ0n) is 10.6. The van der Waals surface area contributed by atoms with Gasteiger partial charge < -0.3 is 15.0 Å². The number of hydrogen-bond acceptors (Lipinski definition) is 4. The molecule has 0 bridgehead atoms. The van der Waals surface area contributed by atoms with Gasteiger partial charge in [0.25, 0.3) is 0 Å². The van der Waals surface area contributed by atoms with Crippen LogP contribution in [0.4, 0.5) is 0 Å². The number of nitrogens with one attached hydrogen (secondary N) is 1. The van der Waals surface area contributed by atoms with Crippen LogP contribution in [-0.4, -0.2) is 63.4 Å². The van der Waals surface area contributed by atoms with Crippen LogP contribution < -0.4 is 5.32 Å². The zero-order chi connectivity index (χ0) is 12.7. The molecule has 1 aliphatic rings. The predicted molar refractivity (Wildman–Crippen MR) is 67.5 cm³/mol. The molecule has 1 atom stereocenters. The fraction of sp³-hybridized carbons (Fsp3) is 0.727. The molecule has 1 saturated heterocycles. The number of rotatable bonds is 2. The van der Waals surface area contributed by atoms with Gasteiger partial charge in [-0.15, -0.1) is 0 Å². The maximum atomic E-state index is 11.2. The summed E-state index contributed by atoms with van der Waals surface area (Å²) in [5.74, 6) is 0.0337.